The predicted molar refractivity (Wildman–Crippen MR) is 75.9 cm³/mol. The summed E-state index contributed by atoms with van der Waals surface area (Å²) in [5, 5.41) is 16.0. The topological polar surface area (TPSA) is 61.4 Å². The van der Waals surface area contributed by atoms with Crippen molar-refractivity contribution in [2.75, 3.05) is 5.32 Å². The summed E-state index contributed by atoms with van der Waals surface area (Å²) in [6, 6.07) is 9.14. The van der Waals surface area contributed by atoms with E-state index in [-0.39, 0.29) is 24.1 Å². The molecule has 0 saturated heterocycles. The van der Waals surface area contributed by atoms with Gasteiger partial charge in [-0.2, -0.15) is 0 Å². The van der Waals surface area contributed by atoms with Gasteiger partial charge in [0.1, 0.15) is 0 Å². The highest BCUT2D eigenvalue weighted by Gasteiger charge is 2.26. The standard InChI is InChI=1S/C15H22N2O2/c1-11(16-13-9-5-6-10-14(13)18)15(19)17-12-7-3-2-4-8-12/h2-4,7-8,11,13-14,16,18H,5-6,9-10H2,1H3,(H,17,19). The lowest BCUT2D eigenvalue weighted by molar-refractivity contribution is -0.118. The second-order valence-electron chi connectivity index (χ2n) is 5.20. The summed E-state index contributed by atoms with van der Waals surface area (Å²) in [6.07, 6.45) is 3.61. The van der Waals surface area contributed by atoms with Gasteiger partial charge in [-0.25, -0.2) is 0 Å². The lowest BCUT2D eigenvalue weighted by atomic mass is 9.92. The second kappa shape index (κ2) is 6.68. The number of benzene rings is 1. The zero-order valence-corrected chi connectivity index (χ0v) is 11.3. The third kappa shape index (κ3) is 4.04. The quantitative estimate of drug-likeness (QED) is 0.776. The maximum atomic E-state index is 12.0. The smallest absolute Gasteiger partial charge is 0.241 e. The summed E-state index contributed by atoms with van der Waals surface area (Å²) in [5.74, 6) is -0.0658. The van der Waals surface area contributed by atoms with Crippen LogP contribution in [-0.2, 0) is 4.79 Å². The molecule has 3 unspecified atom stereocenters. The van der Waals surface area contributed by atoms with Crippen LogP contribution in [0.25, 0.3) is 0 Å². The van der Waals surface area contributed by atoms with Gasteiger partial charge in [-0.3, -0.25) is 4.79 Å². The molecule has 0 heterocycles. The van der Waals surface area contributed by atoms with Gasteiger partial charge in [0.2, 0.25) is 5.91 Å². The lowest BCUT2D eigenvalue weighted by Gasteiger charge is -2.30. The summed E-state index contributed by atoms with van der Waals surface area (Å²) in [6.45, 7) is 1.83. The molecule has 19 heavy (non-hydrogen) atoms. The summed E-state index contributed by atoms with van der Waals surface area (Å²) in [4.78, 5) is 12.0. The molecule has 1 aliphatic rings. The molecule has 4 nitrogen and oxygen atoms in total. The van der Waals surface area contributed by atoms with Gasteiger partial charge in [-0.1, -0.05) is 31.0 Å². The molecule has 1 aliphatic carbocycles. The molecule has 0 aliphatic heterocycles. The van der Waals surface area contributed by atoms with Crippen molar-refractivity contribution in [1.82, 2.24) is 5.32 Å². The first-order valence-electron chi connectivity index (χ1n) is 6.97. The third-order valence-electron chi connectivity index (χ3n) is 3.63. The van der Waals surface area contributed by atoms with E-state index in [1.165, 1.54) is 0 Å². The molecule has 1 amide bonds. The fourth-order valence-electron chi connectivity index (χ4n) is 2.47. The normalized spacial score (nSPS) is 24.7. The van der Waals surface area contributed by atoms with E-state index < -0.39 is 0 Å². The molecule has 1 fully saturated rings. The van der Waals surface area contributed by atoms with Crippen molar-refractivity contribution >= 4 is 11.6 Å². The Hall–Kier alpha value is -1.39. The van der Waals surface area contributed by atoms with Gasteiger partial charge < -0.3 is 15.7 Å². The van der Waals surface area contributed by atoms with E-state index in [1.807, 2.05) is 37.3 Å². The van der Waals surface area contributed by atoms with Gasteiger partial charge >= 0.3 is 0 Å². The molecule has 104 valence electrons. The second-order valence-corrected chi connectivity index (χ2v) is 5.20. The van der Waals surface area contributed by atoms with Crippen LogP contribution in [0.5, 0.6) is 0 Å². The Kier molecular flexibility index (Phi) is 4.93. The Morgan fingerprint density at radius 2 is 1.95 bits per heavy atom. The molecule has 3 atom stereocenters. The Morgan fingerprint density at radius 1 is 1.26 bits per heavy atom. The Balaban J connectivity index is 1.85. The number of amides is 1. The molecule has 0 spiro atoms. The maximum absolute atomic E-state index is 12.0. The van der Waals surface area contributed by atoms with Crippen LogP contribution >= 0.6 is 0 Å². The van der Waals surface area contributed by atoms with Crippen LogP contribution in [0.4, 0.5) is 5.69 Å². The highest BCUT2D eigenvalue weighted by molar-refractivity contribution is 5.94. The highest BCUT2D eigenvalue weighted by Crippen LogP contribution is 2.19. The lowest BCUT2D eigenvalue weighted by Crippen LogP contribution is -2.50. The van der Waals surface area contributed by atoms with Crippen LogP contribution in [0.2, 0.25) is 0 Å². The zero-order chi connectivity index (χ0) is 13.7. The minimum Gasteiger partial charge on any atom is -0.392 e. The molecule has 0 aromatic heterocycles. The molecule has 1 saturated carbocycles. The van der Waals surface area contributed by atoms with E-state index in [0.717, 1.165) is 31.4 Å². The van der Waals surface area contributed by atoms with Crippen molar-refractivity contribution in [3.8, 4) is 0 Å². The average Bonchev–Trinajstić information content (AvgIpc) is 2.42. The minimum atomic E-state index is -0.333. The molecule has 1 aromatic rings. The van der Waals surface area contributed by atoms with Crippen molar-refractivity contribution in [1.29, 1.82) is 0 Å². The van der Waals surface area contributed by atoms with E-state index in [2.05, 4.69) is 10.6 Å². The zero-order valence-electron chi connectivity index (χ0n) is 11.3. The number of carbonyl (C=O) groups is 1. The molecule has 0 bridgehead atoms. The van der Waals surface area contributed by atoms with Crippen LogP contribution < -0.4 is 10.6 Å². The number of para-hydroxylation sites is 1. The molecule has 2 rings (SSSR count). The van der Waals surface area contributed by atoms with Crippen molar-refractivity contribution < 1.29 is 9.90 Å². The number of rotatable bonds is 4. The van der Waals surface area contributed by atoms with E-state index in [1.54, 1.807) is 0 Å². The average molecular weight is 262 g/mol. The van der Waals surface area contributed by atoms with Crippen molar-refractivity contribution in [2.45, 2.75) is 50.8 Å². The monoisotopic (exact) mass is 262 g/mol. The van der Waals surface area contributed by atoms with Gasteiger partial charge in [0.05, 0.1) is 12.1 Å². The van der Waals surface area contributed by atoms with Crippen LogP contribution in [0.15, 0.2) is 30.3 Å². The van der Waals surface area contributed by atoms with Crippen molar-refractivity contribution in [2.24, 2.45) is 0 Å². The van der Waals surface area contributed by atoms with Crippen LogP contribution in [0.1, 0.15) is 32.6 Å². The first kappa shape index (κ1) is 14.0. The summed E-state index contributed by atoms with van der Waals surface area (Å²) >= 11 is 0. The molecular formula is C15H22N2O2. The Morgan fingerprint density at radius 3 is 2.63 bits per heavy atom. The van der Waals surface area contributed by atoms with E-state index in [0.29, 0.717) is 0 Å². The summed E-state index contributed by atoms with van der Waals surface area (Å²) in [5.41, 5.74) is 0.797. The highest BCUT2D eigenvalue weighted by atomic mass is 16.3. The minimum absolute atomic E-state index is 0.0327. The molecule has 3 N–H and O–H groups in total. The summed E-state index contributed by atoms with van der Waals surface area (Å²) in [7, 11) is 0. The van der Waals surface area contributed by atoms with E-state index in [9.17, 15) is 9.90 Å². The van der Waals surface area contributed by atoms with Gasteiger partial charge in [-0.15, -0.1) is 0 Å². The SMILES string of the molecule is CC(NC1CCCCC1O)C(=O)Nc1ccccc1. The maximum Gasteiger partial charge on any atom is 0.241 e. The molecule has 0 radical (unpaired) electrons. The number of aliphatic hydroxyl groups excluding tert-OH is 1. The van der Waals surface area contributed by atoms with Gasteiger partial charge in [0, 0.05) is 11.7 Å². The van der Waals surface area contributed by atoms with Gasteiger partial charge in [0.25, 0.3) is 0 Å². The molecular weight excluding hydrogens is 240 g/mol. The number of aliphatic hydroxyl groups is 1. The van der Waals surface area contributed by atoms with Crippen LogP contribution in [-0.4, -0.2) is 29.2 Å². The Labute approximate surface area is 114 Å². The van der Waals surface area contributed by atoms with Gasteiger partial charge in [-0.05, 0) is 31.9 Å². The number of hydrogen-bond acceptors (Lipinski definition) is 3. The fourth-order valence-corrected chi connectivity index (χ4v) is 2.47. The van der Waals surface area contributed by atoms with E-state index in [4.69, 9.17) is 0 Å². The number of hydrogen-bond donors (Lipinski definition) is 3. The number of nitrogens with one attached hydrogen (secondary N) is 2. The molecule has 1 aromatic carbocycles. The predicted octanol–water partition coefficient (Wildman–Crippen LogP) is 1.91. The Bertz CT molecular complexity index is 408. The largest absolute Gasteiger partial charge is 0.392 e. The van der Waals surface area contributed by atoms with Crippen LogP contribution in [0, 0.1) is 0 Å². The van der Waals surface area contributed by atoms with Crippen molar-refractivity contribution in [3.63, 3.8) is 0 Å². The first-order valence-corrected chi connectivity index (χ1v) is 6.97. The number of carbonyl (C=O) groups excluding carboxylic acids is 1. The molecule has 4 heteroatoms. The first-order chi connectivity index (χ1) is 9.16. The van der Waals surface area contributed by atoms with E-state index >= 15 is 0 Å². The van der Waals surface area contributed by atoms with Gasteiger partial charge in [0.15, 0.2) is 0 Å². The fraction of sp³-hybridized carbons (Fsp3) is 0.533. The summed E-state index contributed by atoms with van der Waals surface area (Å²) < 4.78 is 0. The van der Waals surface area contributed by atoms with Crippen LogP contribution in [0.3, 0.4) is 0 Å². The number of anilines is 1. The van der Waals surface area contributed by atoms with Crippen molar-refractivity contribution in [3.05, 3.63) is 30.3 Å². The third-order valence-corrected chi connectivity index (χ3v) is 3.63.